The quantitative estimate of drug-likeness (QED) is 0.449. The van der Waals surface area contributed by atoms with E-state index < -0.39 is 18.0 Å². The fourth-order valence-electron chi connectivity index (χ4n) is 3.13. The monoisotopic (exact) mass is 459 g/mol. The number of hydrogen-bond acceptors (Lipinski definition) is 6. The number of para-hydroxylation sites is 1. The Labute approximate surface area is 197 Å². The van der Waals surface area contributed by atoms with Gasteiger partial charge in [-0.05, 0) is 56.3 Å². The summed E-state index contributed by atoms with van der Waals surface area (Å²) in [4.78, 5) is 24.5. The van der Waals surface area contributed by atoms with Crippen LogP contribution in [-0.2, 0) is 27.2 Å². The van der Waals surface area contributed by atoms with Crippen LogP contribution in [0.25, 0.3) is 0 Å². The second kappa shape index (κ2) is 15.7. The number of methoxy groups -OCH3 is 1. The molecule has 33 heavy (non-hydrogen) atoms. The Hall–Kier alpha value is -3.06. The highest BCUT2D eigenvalue weighted by molar-refractivity contribution is 5.76. The number of benzene rings is 2. The van der Waals surface area contributed by atoms with Gasteiger partial charge in [0.25, 0.3) is 0 Å². The minimum absolute atomic E-state index is 0.156. The van der Waals surface area contributed by atoms with Gasteiger partial charge in [0.1, 0.15) is 24.2 Å². The zero-order valence-corrected chi connectivity index (χ0v) is 20.4. The van der Waals surface area contributed by atoms with E-state index in [0.717, 1.165) is 29.9 Å². The van der Waals surface area contributed by atoms with Gasteiger partial charge < -0.3 is 24.2 Å². The van der Waals surface area contributed by atoms with E-state index in [0.29, 0.717) is 6.54 Å². The van der Waals surface area contributed by atoms with Crippen LogP contribution in [0, 0.1) is 0 Å². The van der Waals surface area contributed by atoms with Crippen LogP contribution in [0.15, 0.2) is 48.5 Å². The van der Waals surface area contributed by atoms with Crippen molar-refractivity contribution in [1.82, 2.24) is 4.90 Å². The topological polar surface area (TPSA) is 85.3 Å². The number of carbonyl (C=O) groups excluding carboxylic acids is 1. The second-order valence-electron chi connectivity index (χ2n) is 7.54. The van der Waals surface area contributed by atoms with Crippen molar-refractivity contribution in [3.8, 4) is 11.5 Å². The molecule has 2 aromatic rings. The van der Waals surface area contributed by atoms with Crippen LogP contribution in [0.4, 0.5) is 0 Å². The molecule has 2 aromatic carbocycles. The molecule has 0 aliphatic heterocycles. The van der Waals surface area contributed by atoms with Crippen LogP contribution in [0.5, 0.6) is 11.5 Å². The van der Waals surface area contributed by atoms with Crippen molar-refractivity contribution in [2.24, 2.45) is 0 Å². The molecule has 7 nitrogen and oxygen atoms in total. The molecule has 0 aliphatic carbocycles. The summed E-state index contributed by atoms with van der Waals surface area (Å²) < 4.78 is 16.7. The average molecular weight is 460 g/mol. The molecule has 0 heterocycles. The number of aliphatic carboxylic acids is 1. The molecule has 0 aliphatic rings. The smallest absolute Gasteiger partial charge is 0.306 e. The lowest BCUT2D eigenvalue weighted by atomic mass is 10.0. The van der Waals surface area contributed by atoms with Gasteiger partial charge in [-0.3, -0.25) is 9.59 Å². The molecule has 182 valence electrons. The van der Waals surface area contributed by atoms with Crippen LogP contribution in [0.1, 0.15) is 37.8 Å². The zero-order valence-electron chi connectivity index (χ0n) is 20.4. The Balaban J connectivity index is 0.00000265. The average Bonchev–Trinajstić information content (AvgIpc) is 2.81. The standard InChI is InChI=1S/C24H31NO6.C2H6/c1-25(2)16-21(31-24(28)14-13-23(26)27)17-30-22-10-5-4-8-19(22)12-11-18-7-6-9-20(15-18)29-3;1-2/h4-10,15,21H,11-14,16-17H2,1-3H3,(H,26,27);1-2H3. The number of aryl methyl sites for hydroxylation is 2. The van der Waals surface area contributed by atoms with E-state index in [1.807, 2.05) is 75.3 Å². The maximum Gasteiger partial charge on any atom is 0.306 e. The third-order valence-electron chi connectivity index (χ3n) is 4.62. The molecular formula is C26H37NO6. The number of carboxylic acids is 1. The highest BCUT2D eigenvalue weighted by atomic mass is 16.6. The largest absolute Gasteiger partial charge is 0.497 e. The normalized spacial score (nSPS) is 11.2. The molecule has 0 saturated carbocycles. The Morgan fingerprint density at radius 2 is 1.73 bits per heavy atom. The van der Waals surface area contributed by atoms with E-state index in [-0.39, 0.29) is 19.4 Å². The maximum atomic E-state index is 12.0. The third-order valence-corrected chi connectivity index (χ3v) is 4.62. The van der Waals surface area contributed by atoms with Gasteiger partial charge in [-0.1, -0.05) is 44.2 Å². The predicted molar refractivity (Wildman–Crippen MR) is 129 cm³/mol. The van der Waals surface area contributed by atoms with Gasteiger partial charge in [-0.15, -0.1) is 0 Å². The summed E-state index contributed by atoms with van der Waals surface area (Å²) >= 11 is 0. The van der Waals surface area contributed by atoms with Crippen LogP contribution < -0.4 is 9.47 Å². The number of rotatable bonds is 13. The molecule has 7 heteroatoms. The van der Waals surface area contributed by atoms with Gasteiger partial charge in [-0.2, -0.15) is 0 Å². The fourth-order valence-corrected chi connectivity index (χ4v) is 3.13. The predicted octanol–water partition coefficient (Wildman–Crippen LogP) is 4.22. The summed E-state index contributed by atoms with van der Waals surface area (Å²) in [6.45, 7) is 4.66. The SMILES string of the molecule is CC.COc1cccc(CCc2ccccc2OCC(CN(C)C)OC(=O)CCC(=O)O)c1. The van der Waals surface area contributed by atoms with Gasteiger partial charge in [0.2, 0.25) is 0 Å². The van der Waals surface area contributed by atoms with Gasteiger partial charge in [0.05, 0.1) is 20.0 Å². The van der Waals surface area contributed by atoms with Gasteiger partial charge in [-0.25, -0.2) is 0 Å². The summed E-state index contributed by atoms with van der Waals surface area (Å²) in [5.41, 5.74) is 2.23. The molecule has 1 atom stereocenters. The van der Waals surface area contributed by atoms with Crippen molar-refractivity contribution >= 4 is 11.9 Å². The fraction of sp³-hybridized carbons (Fsp3) is 0.462. The van der Waals surface area contributed by atoms with Crippen LogP contribution in [-0.4, -0.2) is 62.4 Å². The molecule has 0 aromatic heterocycles. The molecule has 0 bridgehead atoms. The van der Waals surface area contributed by atoms with Crippen LogP contribution in [0.3, 0.4) is 0 Å². The lowest BCUT2D eigenvalue weighted by Crippen LogP contribution is -2.35. The first-order valence-corrected chi connectivity index (χ1v) is 11.3. The highest BCUT2D eigenvalue weighted by Crippen LogP contribution is 2.22. The summed E-state index contributed by atoms with van der Waals surface area (Å²) in [5.74, 6) is 0.0143. The highest BCUT2D eigenvalue weighted by Gasteiger charge is 2.18. The minimum Gasteiger partial charge on any atom is -0.497 e. The minimum atomic E-state index is -1.03. The first-order valence-electron chi connectivity index (χ1n) is 11.3. The molecule has 0 saturated heterocycles. The number of nitrogens with zero attached hydrogens (tertiary/aromatic N) is 1. The van der Waals surface area contributed by atoms with Crippen LogP contribution in [0.2, 0.25) is 0 Å². The van der Waals surface area contributed by atoms with Crippen molar-refractivity contribution in [2.45, 2.75) is 45.6 Å². The molecule has 2 rings (SSSR count). The first-order chi connectivity index (χ1) is 15.9. The van der Waals surface area contributed by atoms with E-state index in [1.165, 1.54) is 5.56 Å². The number of carbonyl (C=O) groups is 2. The first kappa shape index (κ1) is 28.0. The lowest BCUT2D eigenvalue weighted by molar-refractivity contribution is -0.153. The van der Waals surface area contributed by atoms with Gasteiger partial charge in [0, 0.05) is 6.54 Å². The molecular weight excluding hydrogens is 422 g/mol. The van der Waals surface area contributed by atoms with Crippen LogP contribution >= 0.6 is 0 Å². The van der Waals surface area contributed by atoms with E-state index in [1.54, 1.807) is 7.11 Å². The summed E-state index contributed by atoms with van der Waals surface area (Å²) in [6.07, 6.45) is 0.726. The Bertz CT molecular complexity index is 852. The lowest BCUT2D eigenvalue weighted by Gasteiger charge is -2.22. The molecule has 0 fully saturated rings. The maximum absolute atomic E-state index is 12.0. The second-order valence-corrected chi connectivity index (χ2v) is 7.54. The van der Waals surface area contributed by atoms with Crippen molar-refractivity contribution in [1.29, 1.82) is 0 Å². The summed E-state index contributed by atoms with van der Waals surface area (Å²) in [5, 5.41) is 8.74. The van der Waals surface area contributed by atoms with Crippen molar-refractivity contribution in [3.05, 3.63) is 59.7 Å². The number of esters is 1. The summed E-state index contributed by atoms with van der Waals surface area (Å²) in [7, 11) is 5.40. The molecule has 0 amide bonds. The molecule has 0 spiro atoms. The number of likely N-dealkylation sites (N-methyl/N-ethyl adjacent to an activating group) is 1. The van der Waals surface area contributed by atoms with E-state index >= 15 is 0 Å². The number of ether oxygens (including phenoxy) is 3. The van der Waals surface area contributed by atoms with Crippen molar-refractivity contribution in [2.75, 3.05) is 34.4 Å². The number of hydrogen-bond donors (Lipinski definition) is 1. The van der Waals surface area contributed by atoms with Crippen molar-refractivity contribution < 1.29 is 28.9 Å². The Morgan fingerprint density at radius 1 is 1.00 bits per heavy atom. The van der Waals surface area contributed by atoms with E-state index in [9.17, 15) is 9.59 Å². The Morgan fingerprint density at radius 3 is 2.39 bits per heavy atom. The number of carboxylic acid groups (broad SMARTS) is 1. The van der Waals surface area contributed by atoms with Gasteiger partial charge in [0.15, 0.2) is 0 Å². The van der Waals surface area contributed by atoms with Crippen molar-refractivity contribution in [3.63, 3.8) is 0 Å². The van der Waals surface area contributed by atoms with E-state index in [4.69, 9.17) is 19.3 Å². The molecule has 0 radical (unpaired) electrons. The summed E-state index contributed by atoms with van der Waals surface area (Å²) in [6, 6.07) is 15.8. The third kappa shape index (κ3) is 11.4. The van der Waals surface area contributed by atoms with Gasteiger partial charge >= 0.3 is 11.9 Å². The molecule has 1 N–H and O–H groups in total. The van der Waals surface area contributed by atoms with E-state index in [2.05, 4.69) is 6.07 Å². The Kier molecular flexibility index (Phi) is 13.3. The molecule has 1 unspecified atom stereocenters. The zero-order chi connectivity index (χ0) is 24.6.